The molecule has 45 heavy (non-hydrogen) atoms. The van der Waals surface area contributed by atoms with Crippen LogP contribution in [-0.4, -0.2) is 54.2 Å². The van der Waals surface area contributed by atoms with E-state index in [2.05, 4.69) is 32.8 Å². The summed E-state index contributed by atoms with van der Waals surface area (Å²) in [5.74, 6) is 7.02. The Labute approximate surface area is 265 Å². The number of anilines is 2. The second kappa shape index (κ2) is 12.2. The van der Waals surface area contributed by atoms with Crippen LogP contribution in [0.1, 0.15) is 41.7 Å². The molecule has 1 aliphatic carbocycles. The molecule has 0 atom stereocenters. The summed E-state index contributed by atoms with van der Waals surface area (Å²) in [6.45, 7) is 1.98. The number of benzene rings is 2. The van der Waals surface area contributed by atoms with Crippen LogP contribution in [0, 0.1) is 11.8 Å². The summed E-state index contributed by atoms with van der Waals surface area (Å²) in [5.41, 5.74) is 11.2. The Balaban J connectivity index is 1.07. The molecule has 2 aromatic carbocycles. The number of nitrogen functional groups attached to an aromatic ring is 1. The van der Waals surface area contributed by atoms with Gasteiger partial charge >= 0.3 is 0 Å². The Kier molecular flexibility index (Phi) is 7.94. The average Bonchev–Trinajstić information content (AvgIpc) is 3.80. The van der Waals surface area contributed by atoms with Gasteiger partial charge in [0.05, 0.1) is 42.8 Å². The van der Waals surface area contributed by atoms with Gasteiger partial charge in [0.2, 0.25) is 0 Å². The third-order valence-electron chi connectivity index (χ3n) is 8.83. The maximum absolute atomic E-state index is 13.3. The number of methoxy groups -OCH3 is 1. The van der Waals surface area contributed by atoms with E-state index >= 15 is 0 Å². The lowest BCUT2D eigenvalue weighted by Gasteiger charge is -2.35. The topological polar surface area (TPSA) is 113 Å². The number of nitrogens with zero attached hydrogens (tertiary/aromatic N) is 2. The monoisotopic (exact) mass is 621 g/mol. The molecule has 2 fully saturated rings. The van der Waals surface area contributed by atoms with Gasteiger partial charge in [-0.2, -0.15) is 0 Å². The lowest BCUT2D eigenvalue weighted by Crippen LogP contribution is -2.42. The largest absolute Gasteiger partial charge is 0.495 e. The molecule has 1 amide bonds. The van der Waals surface area contributed by atoms with E-state index in [9.17, 15) is 4.79 Å². The maximum atomic E-state index is 13.3. The first kappa shape index (κ1) is 29.3. The molecule has 9 nitrogen and oxygen atoms in total. The van der Waals surface area contributed by atoms with Crippen molar-refractivity contribution in [3.8, 4) is 28.7 Å². The molecular weight excluding hydrogens is 586 g/mol. The molecule has 5 aromatic rings. The number of carbonyl (C=O) groups excluding carboxylic acids is 1. The van der Waals surface area contributed by atoms with Crippen LogP contribution in [-0.2, 0) is 16.5 Å². The summed E-state index contributed by atoms with van der Waals surface area (Å²) in [6.07, 6.45) is 5.61. The number of aryl methyl sites for hydroxylation is 1. The molecule has 2 aliphatic rings. The first-order valence-electron chi connectivity index (χ1n) is 15.1. The SMILES string of the molecule is COc1cc(-c2csc3c(C#CCNC4CCC5(CC4)OCCO5)cnc(N)c23)ccc1NC(=O)c1cc2ccccc2n1C. The van der Waals surface area contributed by atoms with Gasteiger partial charge in [-0.3, -0.25) is 4.79 Å². The number of ether oxygens (including phenoxy) is 3. The zero-order chi connectivity index (χ0) is 31.0. The van der Waals surface area contributed by atoms with Gasteiger partial charge in [-0.05, 0) is 48.1 Å². The van der Waals surface area contributed by atoms with Crippen LogP contribution in [0.3, 0.4) is 0 Å². The number of rotatable bonds is 6. The third kappa shape index (κ3) is 5.64. The van der Waals surface area contributed by atoms with E-state index in [4.69, 9.17) is 19.9 Å². The second-order valence-corrected chi connectivity index (χ2v) is 12.4. The standard InChI is InChI=1S/C35H35N5O4S/c1-40-28-8-4-3-6-23(28)18-29(40)34(41)39-27-10-9-22(19-30(27)42-2)26-21-45-32-24(20-38-33(36)31(26)32)7-5-15-37-25-11-13-35(14-12-25)43-16-17-44-35/h3-4,6,8-10,18-21,25,37H,11-17H2,1-2H3,(H2,36,38)(H,39,41). The van der Waals surface area contributed by atoms with Crippen molar-refractivity contribution in [1.29, 1.82) is 0 Å². The van der Waals surface area contributed by atoms with Crippen molar-refractivity contribution < 1.29 is 19.0 Å². The zero-order valence-electron chi connectivity index (χ0n) is 25.3. The summed E-state index contributed by atoms with van der Waals surface area (Å²) < 4.78 is 20.3. The second-order valence-electron chi connectivity index (χ2n) is 11.5. The summed E-state index contributed by atoms with van der Waals surface area (Å²) in [5, 5.41) is 10.5. The highest BCUT2D eigenvalue weighted by molar-refractivity contribution is 7.18. The van der Waals surface area contributed by atoms with Gasteiger partial charge in [0, 0.05) is 54.0 Å². The minimum Gasteiger partial charge on any atom is -0.495 e. The number of fused-ring (bicyclic) bond motifs is 2. The van der Waals surface area contributed by atoms with Crippen molar-refractivity contribution in [3.63, 3.8) is 0 Å². The van der Waals surface area contributed by atoms with E-state index in [1.807, 2.05) is 60.1 Å². The van der Waals surface area contributed by atoms with Crippen molar-refractivity contribution in [3.05, 3.63) is 71.4 Å². The number of nitrogens with two attached hydrogens (primary N) is 1. The van der Waals surface area contributed by atoms with E-state index in [1.54, 1.807) is 24.6 Å². The van der Waals surface area contributed by atoms with Crippen molar-refractivity contribution >= 4 is 49.7 Å². The van der Waals surface area contributed by atoms with Gasteiger partial charge in [0.15, 0.2) is 5.79 Å². The highest BCUT2D eigenvalue weighted by atomic mass is 32.1. The van der Waals surface area contributed by atoms with Gasteiger partial charge in [-0.15, -0.1) is 11.3 Å². The lowest BCUT2D eigenvalue weighted by molar-refractivity contribution is -0.179. The van der Waals surface area contributed by atoms with Crippen molar-refractivity contribution in [1.82, 2.24) is 14.9 Å². The molecule has 10 heteroatoms. The van der Waals surface area contributed by atoms with Crippen LogP contribution in [0.5, 0.6) is 5.75 Å². The molecule has 0 unspecified atom stereocenters. The van der Waals surface area contributed by atoms with E-state index in [0.717, 1.165) is 63.4 Å². The molecule has 4 heterocycles. The zero-order valence-corrected chi connectivity index (χ0v) is 26.1. The third-order valence-corrected chi connectivity index (χ3v) is 9.85. The predicted octanol–water partition coefficient (Wildman–Crippen LogP) is 5.92. The van der Waals surface area contributed by atoms with Gasteiger partial charge in [-0.25, -0.2) is 4.98 Å². The number of nitrogens with one attached hydrogen (secondary N) is 2. The molecule has 1 spiro atoms. The maximum Gasteiger partial charge on any atom is 0.272 e. The summed E-state index contributed by atoms with van der Waals surface area (Å²) in [4.78, 5) is 17.7. The Morgan fingerprint density at radius 1 is 1.18 bits per heavy atom. The molecular formula is C35H35N5O4S. The van der Waals surface area contributed by atoms with Crippen LogP contribution >= 0.6 is 11.3 Å². The summed E-state index contributed by atoms with van der Waals surface area (Å²) >= 11 is 1.59. The number of para-hydroxylation sites is 1. The van der Waals surface area contributed by atoms with E-state index < -0.39 is 0 Å². The molecule has 1 aliphatic heterocycles. The van der Waals surface area contributed by atoms with Gasteiger partial charge in [0.25, 0.3) is 5.91 Å². The van der Waals surface area contributed by atoms with E-state index in [1.165, 1.54) is 0 Å². The molecule has 230 valence electrons. The number of pyridine rings is 1. The van der Waals surface area contributed by atoms with Gasteiger partial charge in [0.1, 0.15) is 17.3 Å². The van der Waals surface area contributed by atoms with Crippen LogP contribution < -0.4 is 21.1 Å². The van der Waals surface area contributed by atoms with E-state index in [0.29, 0.717) is 48.7 Å². The molecule has 1 saturated heterocycles. The molecule has 1 saturated carbocycles. The van der Waals surface area contributed by atoms with Crippen molar-refractivity contribution in [2.75, 3.05) is 37.9 Å². The molecule has 3 aromatic heterocycles. The number of carbonyl (C=O) groups is 1. The first-order chi connectivity index (χ1) is 21.9. The van der Waals surface area contributed by atoms with E-state index in [-0.39, 0.29) is 11.7 Å². The average molecular weight is 622 g/mol. The summed E-state index contributed by atoms with van der Waals surface area (Å²) in [6, 6.07) is 15.9. The first-order valence-corrected chi connectivity index (χ1v) is 16.0. The number of amides is 1. The molecule has 4 N–H and O–H groups in total. The van der Waals surface area contributed by atoms with Crippen molar-refractivity contribution in [2.24, 2.45) is 7.05 Å². The summed E-state index contributed by atoms with van der Waals surface area (Å²) in [7, 11) is 3.48. The minimum atomic E-state index is -0.349. The fraction of sp³-hybridized carbons (Fsp3) is 0.314. The van der Waals surface area contributed by atoms with Crippen LogP contribution in [0.2, 0.25) is 0 Å². The Morgan fingerprint density at radius 2 is 1.98 bits per heavy atom. The molecule has 0 radical (unpaired) electrons. The smallest absolute Gasteiger partial charge is 0.272 e. The fourth-order valence-corrected chi connectivity index (χ4v) is 7.46. The van der Waals surface area contributed by atoms with Gasteiger partial charge < -0.3 is 35.1 Å². The van der Waals surface area contributed by atoms with Crippen LogP contribution in [0.15, 0.2) is 60.1 Å². The highest BCUT2D eigenvalue weighted by Gasteiger charge is 2.40. The molecule has 0 bridgehead atoms. The Hall–Kier alpha value is -4.40. The predicted molar refractivity (Wildman–Crippen MR) is 179 cm³/mol. The normalized spacial score (nSPS) is 16.2. The Bertz CT molecular complexity index is 1950. The molecule has 7 rings (SSSR count). The fourth-order valence-electron chi connectivity index (χ4n) is 6.41. The number of hydrogen-bond donors (Lipinski definition) is 3. The van der Waals surface area contributed by atoms with Gasteiger partial charge in [-0.1, -0.05) is 36.1 Å². The Morgan fingerprint density at radius 3 is 2.76 bits per heavy atom. The lowest BCUT2D eigenvalue weighted by atomic mass is 9.90. The number of aromatic nitrogens is 2. The van der Waals surface area contributed by atoms with Crippen LogP contribution in [0.4, 0.5) is 11.5 Å². The number of hydrogen-bond acceptors (Lipinski definition) is 8. The van der Waals surface area contributed by atoms with Crippen LogP contribution in [0.25, 0.3) is 32.1 Å². The minimum absolute atomic E-state index is 0.212. The quantitative estimate of drug-likeness (QED) is 0.202. The number of thiophene rings is 1. The highest BCUT2D eigenvalue weighted by Crippen LogP contribution is 2.41. The van der Waals surface area contributed by atoms with Crippen molar-refractivity contribution in [2.45, 2.75) is 37.5 Å².